The molecule has 7 heteroatoms. The number of carbonyl (C=O) groups excluding carboxylic acids is 2. The average Bonchev–Trinajstić information content (AvgIpc) is 3.23. The molecule has 0 saturated carbocycles. The van der Waals surface area contributed by atoms with E-state index in [9.17, 15) is 9.59 Å². The van der Waals surface area contributed by atoms with Crippen molar-refractivity contribution in [1.82, 2.24) is 14.7 Å². The van der Waals surface area contributed by atoms with Gasteiger partial charge in [-0.3, -0.25) is 19.3 Å². The number of carbonyl (C=O) groups is 2. The van der Waals surface area contributed by atoms with Gasteiger partial charge in [0.25, 0.3) is 0 Å². The number of piperidine rings is 1. The van der Waals surface area contributed by atoms with Crippen molar-refractivity contribution < 1.29 is 14.3 Å². The Labute approximate surface area is 197 Å². The van der Waals surface area contributed by atoms with Gasteiger partial charge in [0.1, 0.15) is 22.9 Å². The van der Waals surface area contributed by atoms with Crippen LogP contribution in [0.5, 0.6) is 5.75 Å². The van der Waals surface area contributed by atoms with Crippen molar-refractivity contribution in [3.63, 3.8) is 0 Å². The molecule has 2 N–H and O–H groups in total. The summed E-state index contributed by atoms with van der Waals surface area (Å²) in [6, 6.07) is 21.6. The van der Waals surface area contributed by atoms with E-state index in [0.29, 0.717) is 19.3 Å². The van der Waals surface area contributed by atoms with Gasteiger partial charge in [-0.25, -0.2) is 4.98 Å². The van der Waals surface area contributed by atoms with Gasteiger partial charge in [-0.05, 0) is 66.9 Å². The number of anilines is 2. The number of imide groups is 1. The summed E-state index contributed by atoms with van der Waals surface area (Å²) in [7, 11) is 1.65. The van der Waals surface area contributed by atoms with Crippen LogP contribution in [0.3, 0.4) is 0 Å². The summed E-state index contributed by atoms with van der Waals surface area (Å²) < 4.78 is 7.31. The fraction of sp³-hybridized carbons (Fsp3) is 0.222. The van der Waals surface area contributed by atoms with Gasteiger partial charge >= 0.3 is 0 Å². The molecule has 1 aliphatic heterocycles. The molecule has 34 heavy (non-hydrogen) atoms. The van der Waals surface area contributed by atoms with Crippen molar-refractivity contribution >= 4 is 29.0 Å². The first-order valence-corrected chi connectivity index (χ1v) is 11.4. The summed E-state index contributed by atoms with van der Waals surface area (Å²) >= 11 is 0. The minimum absolute atomic E-state index is 0.203. The van der Waals surface area contributed by atoms with Gasteiger partial charge in [0.15, 0.2) is 0 Å². The molecule has 0 spiro atoms. The minimum atomic E-state index is -0.677. The van der Waals surface area contributed by atoms with Crippen molar-refractivity contribution in [1.29, 1.82) is 0 Å². The topological polar surface area (TPSA) is 84.7 Å². The first-order valence-electron chi connectivity index (χ1n) is 11.4. The Morgan fingerprint density at radius 2 is 1.82 bits per heavy atom. The van der Waals surface area contributed by atoms with Crippen LogP contribution < -0.4 is 15.4 Å². The summed E-state index contributed by atoms with van der Waals surface area (Å²) in [6.45, 7) is 1.99. The number of ether oxygens (including phenoxy) is 1. The Morgan fingerprint density at radius 3 is 2.50 bits per heavy atom. The summed E-state index contributed by atoms with van der Waals surface area (Å²) in [5.74, 6) is 1.22. The molecule has 172 valence electrons. The quantitative estimate of drug-likeness (QED) is 0.407. The summed E-state index contributed by atoms with van der Waals surface area (Å²) in [6.07, 6.45) is 3.48. The maximum atomic E-state index is 12.7. The molecule has 2 aromatic carbocycles. The van der Waals surface area contributed by atoms with Crippen LogP contribution in [0, 0.1) is 0 Å². The maximum Gasteiger partial charge on any atom is 0.237 e. The maximum absolute atomic E-state index is 12.7. The molecule has 1 atom stereocenters. The molecule has 1 fully saturated rings. The van der Waals surface area contributed by atoms with E-state index in [0.717, 1.165) is 39.7 Å². The molecule has 0 radical (unpaired) electrons. The lowest BCUT2D eigenvalue weighted by molar-refractivity contribution is -0.138. The van der Waals surface area contributed by atoms with Gasteiger partial charge < -0.3 is 10.1 Å². The van der Waals surface area contributed by atoms with Crippen molar-refractivity contribution in [2.24, 2.45) is 0 Å². The van der Waals surface area contributed by atoms with Crippen LogP contribution in [0.2, 0.25) is 0 Å². The largest absolute Gasteiger partial charge is 0.497 e. The summed E-state index contributed by atoms with van der Waals surface area (Å²) in [5, 5.41) is 6.03. The minimum Gasteiger partial charge on any atom is -0.497 e. The van der Waals surface area contributed by atoms with Gasteiger partial charge in [0, 0.05) is 23.9 Å². The third-order valence-electron chi connectivity index (χ3n) is 6.66. The van der Waals surface area contributed by atoms with E-state index in [2.05, 4.69) is 10.6 Å². The van der Waals surface area contributed by atoms with E-state index in [1.807, 2.05) is 84.3 Å². The lowest BCUT2D eigenvalue weighted by Crippen LogP contribution is -2.51. The second-order valence-electron chi connectivity index (χ2n) is 8.48. The summed E-state index contributed by atoms with van der Waals surface area (Å²) in [4.78, 5) is 29.2. The second kappa shape index (κ2) is 8.67. The van der Waals surface area contributed by atoms with Crippen LogP contribution in [0.15, 0.2) is 72.9 Å². The number of amides is 2. The molecule has 5 rings (SSSR count). The first-order chi connectivity index (χ1) is 16.5. The predicted molar refractivity (Wildman–Crippen MR) is 131 cm³/mol. The van der Waals surface area contributed by atoms with E-state index in [1.54, 1.807) is 7.11 Å². The van der Waals surface area contributed by atoms with Crippen molar-refractivity contribution in [3.05, 3.63) is 78.5 Å². The fourth-order valence-electron chi connectivity index (χ4n) is 4.64. The van der Waals surface area contributed by atoms with Crippen molar-refractivity contribution in [2.75, 3.05) is 12.4 Å². The van der Waals surface area contributed by atoms with E-state index in [4.69, 9.17) is 9.72 Å². The third-order valence-corrected chi connectivity index (χ3v) is 6.66. The summed E-state index contributed by atoms with van der Waals surface area (Å²) in [5.41, 5.74) is 3.75. The standard InChI is InChI=1S/C27H26N4O3/c1-3-27(16-15-23(32)30-26(27)33)19-9-11-20(12-10-19)28-25-24(18-7-13-21(34-2)14-8-18)29-22-6-4-5-17-31(22)25/h4-14,17,28H,3,15-16H2,1-2H3,(H,30,32,33)/t27-/m0/s1. The fourth-order valence-corrected chi connectivity index (χ4v) is 4.64. The number of hydrogen-bond acceptors (Lipinski definition) is 5. The highest BCUT2D eigenvalue weighted by atomic mass is 16.5. The molecule has 0 bridgehead atoms. The molecule has 1 aliphatic rings. The number of aromatic nitrogens is 2. The van der Waals surface area contributed by atoms with E-state index < -0.39 is 5.41 Å². The number of nitrogens with one attached hydrogen (secondary N) is 2. The van der Waals surface area contributed by atoms with Crippen LogP contribution >= 0.6 is 0 Å². The molecular formula is C27H26N4O3. The molecule has 1 saturated heterocycles. The SMILES string of the molecule is CC[C@@]1(c2ccc(Nc3c(-c4ccc(OC)cc4)nc4ccccn34)cc2)CCC(=O)NC1=O. The predicted octanol–water partition coefficient (Wildman–Crippen LogP) is 4.84. The Morgan fingerprint density at radius 1 is 1.06 bits per heavy atom. The number of rotatable bonds is 6. The zero-order chi connectivity index (χ0) is 23.7. The van der Waals surface area contributed by atoms with Crippen molar-refractivity contribution in [3.8, 4) is 17.0 Å². The number of methoxy groups -OCH3 is 1. The van der Waals surface area contributed by atoms with Crippen LogP contribution in [-0.4, -0.2) is 28.3 Å². The van der Waals surface area contributed by atoms with Gasteiger partial charge in [-0.15, -0.1) is 0 Å². The normalized spacial score (nSPS) is 18.1. The van der Waals surface area contributed by atoms with Crippen LogP contribution in [0.25, 0.3) is 16.9 Å². The number of nitrogens with zero attached hydrogens (tertiary/aromatic N) is 2. The smallest absolute Gasteiger partial charge is 0.237 e. The number of benzene rings is 2. The van der Waals surface area contributed by atoms with Gasteiger partial charge in [0.05, 0.1) is 12.5 Å². The lowest BCUT2D eigenvalue weighted by atomic mass is 9.72. The van der Waals surface area contributed by atoms with Crippen molar-refractivity contribution in [2.45, 2.75) is 31.6 Å². The Hall–Kier alpha value is -4.13. The molecule has 3 heterocycles. The monoisotopic (exact) mass is 454 g/mol. The third kappa shape index (κ3) is 3.69. The lowest BCUT2D eigenvalue weighted by Gasteiger charge is -2.35. The van der Waals surface area contributed by atoms with E-state index >= 15 is 0 Å². The van der Waals surface area contributed by atoms with Gasteiger partial charge in [-0.2, -0.15) is 0 Å². The second-order valence-corrected chi connectivity index (χ2v) is 8.48. The molecule has 0 aliphatic carbocycles. The van der Waals surface area contributed by atoms with Crippen LogP contribution in [-0.2, 0) is 15.0 Å². The molecule has 7 nitrogen and oxygen atoms in total. The van der Waals surface area contributed by atoms with Crippen LogP contribution in [0.1, 0.15) is 31.7 Å². The molecular weight excluding hydrogens is 428 g/mol. The number of imidazole rings is 1. The highest BCUT2D eigenvalue weighted by molar-refractivity contribution is 6.03. The molecule has 4 aromatic rings. The zero-order valence-electron chi connectivity index (χ0n) is 19.2. The molecule has 2 amide bonds. The zero-order valence-corrected chi connectivity index (χ0v) is 19.2. The highest BCUT2D eigenvalue weighted by Crippen LogP contribution is 2.37. The number of fused-ring (bicyclic) bond motifs is 1. The Bertz CT molecular complexity index is 1360. The van der Waals surface area contributed by atoms with Gasteiger partial charge in [0.2, 0.25) is 11.8 Å². The highest BCUT2D eigenvalue weighted by Gasteiger charge is 2.42. The Kier molecular flexibility index (Phi) is 5.53. The number of pyridine rings is 1. The van der Waals surface area contributed by atoms with Gasteiger partial charge in [-0.1, -0.05) is 25.1 Å². The average molecular weight is 455 g/mol. The first kappa shape index (κ1) is 21.7. The van der Waals surface area contributed by atoms with E-state index in [-0.39, 0.29) is 11.8 Å². The molecule has 2 aromatic heterocycles. The molecule has 0 unspecified atom stereocenters. The van der Waals surface area contributed by atoms with E-state index in [1.165, 1.54) is 0 Å². The number of hydrogen-bond donors (Lipinski definition) is 2. The Balaban J connectivity index is 1.50. The van der Waals surface area contributed by atoms with Crippen LogP contribution in [0.4, 0.5) is 11.5 Å².